The van der Waals surface area contributed by atoms with E-state index < -0.39 is 0 Å². The van der Waals surface area contributed by atoms with Gasteiger partial charge in [-0.2, -0.15) is 0 Å². The average molecular weight is 278 g/mol. The minimum atomic E-state index is -0.106. The highest BCUT2D eigenvalue weighted by Crippen LogP contribution is 2.38. The molecule has 1 aromatic rings. The van der Waals surface area contributed by atoms with Gasteiger partial charge in [0.05, 0.1) is 5.69 Å². The van der Waals surface area contributed by atoms with Gasteiger partial charge >= 0.3 is 0 Å². The molecule has 0 atom stereocenters. The number of rotatable bonds is 4. The number of benzene rings is 1. The molecule has 0 amide bonds. The highest BCUT2D eigenvalue weighted by molar-refractivity contribution is 5.49. The predicted octanol–water partition coefficient (Wildman–Crippen LogP) is 3.95. The molecule has 1 aromatic carbocycles. The molecule has 0 spiro atoms. The number of halogens is 1. The molecule has 0 radical (unpaired) electrons. The van der Waals surface area contributed by atoms with Crippen molar-refractivity contribution in [3.8, 4) is 0 Å². The summed E-state index contributed by atoms with van der Waals surface area (Å²) in [6.45, 7) is 5.37. The number of nitrogens with one attached hydrogen (secondary N) is 1. The zero-order valence-corrected chi connectivity index (χ0v) is 13.2. The second-order valence-electron chi connectivity index (χ2n) is 6.82. The monoisotopic (exact) mass is 278 g/mol. The lowest BCUT2D eigenvalue weighted by atomic mass is 9.75. The van der Waals surface area contributed by atoms with E-state index in [1.807, 2.05) is 26.2 Å². The molecular weight excluding hydrogens is 251 g/mol. The molecule has 1 aliphatic rings. The van der Waals surface area contributed by atoms with Gasteiger partial charge in [0.25, 0.3) is 0 Å². The maximum Gasteiger partial charge on any atom is 0.146 e. The van der Waals surface area contributed by atoms with Crippen LogP contribution in [0.15, 0.2) is 18.2 Å². The van der Waals surface area contributed by atoms with E-state index in [2.05, 4.69) is 24.1 Å². The van der Waals surface area contributed by atoms with Crippen LogP contribution >= 0.6 is 0 Å². The Kier molecular flexibility index (Phi) is 4.69. The van der Waals surface area contributed by atoms with Crippen molar-refractivity contribution >= 4 is 5.69 Å². The van der Waals surface area contributed by atoms with Gasteiger partial charge in [-0.1, -0.05) is 19.9 Å². The van der Waals surface area contributed by atoms with E-state index in [9.17, 15) is 4.39 Å². The van der Waals surface area contributed by atoms with Crippen LogP contribution in [0.4, 0.5) is 10.1 Å². The summed E-state index contributed by atoms with van der Waals surface area (Å²) < 4.78 is 14.3. The summed E-state index contributed by atoms with van der Waals surface area (Å²) in [7, 11) is 3.90. The van der Waals surface area contributed by atoms with Crippen molar-refractivity contribution in [2.45, 2.75) is 52.1 Å². The molecule has 2 nitrogen and oxygen atoms in total. The van der Waals surface area contributed by atoms with Gasteiger partial charge in [0.1, 0.15) is 5.82 Å². The molecule has 0 unspecified atom stereocenters. The highest BCUT2D eigenvalue weighted by atomic mass is 19.1. The Labute approximate surface area is 122 Å². The Balaban J connectivity index is 2.07. The molecular formula is C17H27FN2. The van der Waals surface area contributed by atoms with Gasteiger partial charge in [-0.3, -0.25) is 0 Å². The lowest BCUT2D eigenvalue weighted by molar-refractivity contribution is 0.222. The summed E-state index contributed by atoms with van der Waals surface area (Å²) in [5.41, 5.74) is 2.17. The maximum absolute atomic E-state index is 14.3. The zero-order chi connectivity index (χ0) is 14.8. The molecule has 0 bridgehead atoms. The third-order valence-corrected chi connectivity index (χ3v) is 4.63. The average Bonchev–Trinajstić information content (AvgIpc) is 2.38. The lowest BCUT2D eigenvalue weighted by Crippen LogP contribution is -2.37. The quantitative estimate of drug-likeness (QED) is 0.897. The highest BCUT2D eigenvalue weighted by Gasteiger charge is 2.29. The summed E-state index contributed by atoms with van der Waals surface area (Å²) in [6.07, 6.45) is 4.76. The molecule has 0 aromatic heterocycles. The smallest absolute Gasteiger partial charge is 0.146 e. The van der Waals surface area contributed by atoms with E-state index in [0.717, 1.165) is 24.1 Å². The molecule has 112 valence electrons. The standard InChI is InChI=1S/C17H27FN2/c1-17(2)9-7-14(8-10-17)20(4)16-6-5-13(12-19-3)11-15(16)18/h5-6,11,14,19H,7-10,12H2,1-4H3. The normalized spacial score (nSPS) is 19.1. The van der Waals surface area contributed by atoms with Crippen LogP contribution in [0.2, 0.25) is 0 Å². The van der Waals surface area contributed by atoms with Crippen LogP contribution in [-0.2, 0) is 6.54 Å². The van der Waals surface area contributed by atoms with Crippen LogP contribution in [0.1, 0.15) is 45.1 Å². The molecule has 1 N–H and O–H groups in total. The van der Waals surface area contributed by atoms with Crippen molar-refractivity contribution in [3.05, 3.63) is 29.6 Å². The molecule has 3 heteroatoms. The number of anilines is 1. The van der Waals surface area contributed by atoms with E-state index in [1.165, 1.54) is 12.8 Å². The Morgan fingerprint density at radius 3 is 2.50 bits per heavy atom. The summed E-state index contributed by atoms with van der Waals surface area (Å²) in [5.74, 6) is -0.106. The summed E-state index contributed by atoms with van der Waals surface area (Å²) in [4.78, 5) is 2.13. The van der Waals surface area contributed by atoms with Crippen molar-refractivity contribution < 1.29 is 4.39 Å². The van der Waals surface area contributed by atoms with Gasteiger partial charge in [-0.05, 0) is 55.8 Å². The Morgan fingerprint density at radius 2 is 1.95 bits per heavy atom. The maximum atomic E-state index is 14.3. The van der Waals surface area contributed by atoms with Crippen LogP contribution in [-0.4, -0.2) is 20.1 Å². The molecule has 1 saturated carbocycles. The van der Waals surface area contributed by atoms with Gasteiger partial charge in [-0.25, -0.2) is 4.39 Å². The Hall–Kier alpha value is -1.09. The van der Waals surface area contributed by atoms with Crippen molar-refractivity contribution in [1.82, 2.24) is 5.32 Å². The largest absolute Gasteiger partial charge is 0.369 e. The molecule has 0 heterocycles. The van der Waals surface area contributed by atoms with Crippen molar-refractivity contribution in [3.63, 3.8) is 0 Å². The van der Waals surface area contributed by atoms with E-state index >= 15 is 0 Å². The third-order valence-electron chi connectivity index (χ3n) is 4.63. The molecule has 1 fully saturated rings. The zero-order valence-electron chi connectivity index (χ0n) is 13.2. The fourth-order valence-corrected chi connectivity index (χ4v) is 3.12. The summed E-state index contributed by atoms with van der Waals surface area (Å²) in [6, 6.07) is 6.04. The molecule has 1 aliphatic carbocycles. The third kappa shape index (κ3) is 3.51. The van der Waals surface area contributed by atoms with E-state index in [-0.39, 0.29) is 5.82 Å². The van der Waals surface area contributed by atoms with E-state index in [0.29, 0.717) is 18.0 Å². The van der Waals surface area contributed by atoms with Gasteiger partial charge < -0.3 is 10.2 Å². The van der Waals surface area contributed by atoms with Crippen LogP contribution in [0.5, 0.6) is 0 Å². The van der Waals surface area contributed by atoms with Gasteiger partial charge in [0.15, 0.2) is 0 Å². The van der Waals surface area contributed by atoms with E-state index in [4.69, 9.17) is 0 Å². The first kappa shape index (κ1) is 15.3. The number of hydrogen-bond donors (Lipinski definition) is 1. The number of hydrogen-bond acceptors (Lipinski definition) is 2. The van der Waals surface area contributed by atoms with Crippen molar-refractivity contribution in [1.29, 1.82) is 0 Å². The van der Waals surface area contributed by atoms with Gasteiger partial charge in [0.2, 0.25) is 0 Å². The second kappa shape index (κ2) is 6.13. The molecule has 0 aliphatic heterocycles. The number of nitrogens with zero attached hydrogens (tertiary/aromatic N) is 1. The van der Waals surface area contributed by atoms with Crippen LogP contribution in [0, 0.1) is 11.2 Å². The predicted molar refractivity (Wildman–Crippen MR) is 83.6 cm³/mol. The van der Waals surface area contributed by atoms with E-state index in [1.54, 1.807) is 6.07 Å². The van der Waals surface area contributed by atoms with Crippen LogP contribution < -0.4 is 10.2 Å². The van der Waals surface area contributed by atoms with Crippen molar-refractivity contribution in [2.24, 2.45) is 5.41 Å². The Morgan fingerprint density at radius 1 is 1.30 bits per heavy atom. The summed E-state index contributed by atoms with van der Waals surface area (Å²) in [5, 5.41) is 3.05. The second-order valence-corrected chi connectivity index (χ2v) is 6.82. The topological polar surface area (TPSA) is 15.3 Å². The fourth-order valence-electron chi connectivity index (χ4n) is 3.12. The minimum absolute atomic E-state index is 0.106. The lowest BCUT2D eigenvalue weighted by Gasteiger charge is -2.39. The molecule has 2 rings (SSSR count). The van der Waals surface area contributed by atoms with Gasteiger partial charge in [0, 0.05) is 19.6 Å². The SMILES string of the molecule is CNCc1ccc(N(C)C2CCC(C)(C)CC2)c(F)c1. The first-order valence-corrected chi connectivity index (χ1v) is 7.59. The Bertz CT molecular complexity index is 446. The first-order chi connectivity index (χ1) is 9.43. The first-order valence-electron chi connectivity index (χ1n) is 7.59. The van der Waals surface area contributed by atoms with Gasteiger partial charge in [-0.15, -0.1) is 0 Å². The minimum Gasteiger partial charge on any atom is -0.369 e. The van der Waals surface area contributed by atoms with Crippen LogP contribution in [0.3, 0.4) is 0 Å². The van der Waals surface area contributed by atoms with Crippen molar-refractivity contribution in [2.75, 3.05) is 19.0 Å². The molecule has 20 heavy (non-hydrogen) atoms. The van der Waals surface area contributed by atoms with Crippen LogP contribution in [0.25, 0.3) is 0 Å². The fraction of sp³-hybridized carbons (Fsp3) is 0.647. The summed E-state index contributed by atoms with van der Waals surface area (Å²) >= 11 is 0. The molecule has 0 saturated heterocycles.